The molecular formula is C12H14Cl2N2O4. The van der Waals surface area contributed by atoms with Gasteiger partial charge in [0.15, 0.2) is 6.04 Å². The molecule has 0 unspecified atom stereocenters. The number of amides is 2. The van der Waals surface area contributed by atoms with Crippen LogP contribution in [0.2, 0.25) is 10.0 Å². The first-order chi connectivity index (χ1) is 9.22. The molecule has 0 aliphatic heterocycles. The van der Waals surface area contributed by atoms with Crippen LogP contribution in [0, 0.1) is 6.92 Å². The molecule has 110 valence electrons. The Morgan fingerprint density at radius 1 is 1.25 bits per heavy atom. The van der Waals surface area contributed by atoms with Gasteiger partial charge in [-0.05, 0) is 31.5 Å². The smallest absolute Gasteiger partial charge is 0.328 e. The predicted octanol–water partition coefficient (Wildman–Crippen LogP) is 2.26. The Kier molecular flexibility index (Phi) is 5.62. The Balaban J connectivity index is 2.81. The molecule has 0 spiro atoms. The summed E-state index contributed by atoms with van der Waals surface area (Å²) >= 11 is 11.9. The Morgan fingerprint density at radius 3 is 2.35 bits per heavy atom. The highest BCUT2D eigenvalue weighted by molar-refractivity contribution is 6.36. The van der Waals surface area contributed by atoms with Crippen LogP contribution in [-0.2, 0) is 4.79 Å². The summed E-state index contributed by atoms with van der Waals surface area (Å²) in [7, 11) is 0. The van der Waals surface area contributed by atoms with Crippen molar-refractivity contribution in [1.29, 1.82) is 0 Å². The standard InChI is InChI=1S/C12H14Cl2N2O4/c1-5-3-8(14)9(4-7(5)13)15-12(20)16-10(6(2)17)11(18)19/h3-4,6,10,17H,1-2H3,(H,18,19)(H2,15,16,20)/t6-,10+/m1/s1. The average molecular weight is 321 g/mol. The van der Waals surface area contributed by atoms with Crippen molar-refractivity contribution in [2.45, 2.75) is 26.0 Å². The van der Waals surface area contributed by atoms with Gasteiger partial charge in [0.25, 0.3) is 0 Å². The van der Waals surface area contributed by atoms with E-state index in [-0.39, 0.29) is 10.7 Å². The fourth-order valence-corrected chi connectivity index (χ4v) is 1.86. The van der Waals surface area contributed by atoms with Gasteiger partial charge >= 0.3 is 12.0 Å². The van der Waals surface area contributed by atoms with Crippen molar-refractivity contribution in [2.24, 2.45) is 0 Å². The van der Waals surface area contributed by atoms with Gasteiger partial charge in [-0.25, -0.2) is 9.59 Å². The van der Waals surface area contributed by atoms with E-state index in [0.29, 0.717) is 5.02 Å². The summed E-state index contributed by atoms with van der Waals surface area (Å²) < 4.78 is 0. The first kappa shape index (κ1) is 16.6. The number of halogens is 2. The van der Waals surface area contributed by atoms with Crippen molar-refractivity contribution in [3.05, 3.63) is 27.7 Å². The lowest BCUT2D eigenvalue weighted by Crippen LogP contribution is -2.49. The lowest BCUT2D eigenvalue weighted by atomic mass is 10.2. The third-order valence-corrected chi connectivity index (χ3v) is 3.25. The van der Waals surface area contributed by atoms with E-state index in [1.807, 2.05) is 0 Å². The number of carboxylic acids is 1. The Bertz CT molecular complexity index is 534. The number of aliphatic hydroxyl groups is 1. The number of aliphatic carboxylic acids is 1. The minimum Gasteiger partial charge on any atom is -0.480 e. The largest absolute Gasteiger partial charge is 0.480 e. The number of hydrogen-bond acceptors (Lipinski definition) is 3. The maximum Gasteiger partial charge on any atom is 0.328 e. The maximum absolute atomic E-state index is 11.7. The summed E-state index contributed by atoms with van der Waals surface area (Å²) in [6.07, 6.45) is -1.24. The van der Waals surface area contributed by atoms with E-state index in [2.05, 4.69) is 10.6 Å². The zero-order valence-corrected chi connectivity index (χ0v) is 12.3. The van der Waals surface area contributed by atoms with Crippen LogP contribution in [-0.4, -0.2) is 34.4 Å². The minimum absolute atomic E-state index is 0.245. The van der Waals surface area contributed by atoms with Gasteiger partial charge in [-0.2, -0.15) is 0 Å². The van der Waals surface area contributed by atoms with Crippen molar-refractivity contribution in [2.75, 3.05) is 5.32 Å². The molecule has 0 heterocycles. The molecule has 0 aromatic heterocycles. The molecule has 0 saturated heterocycles. The Labute approximate surface area is 125 Å². The topological polar surface area (TPSA) is 98.7 Å². The molecule has 8 heteroatoms. The number of carboxylic acid groups (broad SMARTS) is 1. The number of aliphatic hydroxyl groups excluding tert-OH is 1. The van der Waals surface area contributed by atoms with E-state index < -0.39 is 24.1 Å². The van der Waals surface area contributed by atoms with Crippen LogP contribution in [0.4, 0.5) is 10.5 Å². The number of benzene rings is 1. The highest BCUT2D eigenvalue weighted by atomic mass is 35.5. The van der Waals surface area contributed by atoms with Crippen molar-refractivity contribution in [3.63, 3.8) is 0 Å². The number of hydrogen-bond donors (Lipinski definition) is 4. The summed E-state index contributed by atoms with van der Waals surface area (Å²) in [4.78, 5) is 22.5. The van der Waals surface area contributed by atoms with Gasteiger partial charge in [-0.15, -0.1) is 0 Å². The number of carbonyl (C=O) groups excluding carboxylic acids is 1. The summed E-state index contributed by atoms with van der Waals surface area (Å²) in [5.41, 5.74) is 0.990. The van der Waals surface area contributed by atoms with Crippen molar-refractivity contribution in [1.82, 2.24) is 5.32 Å². The molecule has 2 amide bonds. The molecular weight excluding hydrogens is 307 g/mol. The van der Waals surface area contributed by atoms with Gasteiger partial charge < -0.3 is 20.8 Å². The SMILES string of the molecule is Cc1cc(Cl)c(NC(=O)N[C@H](C(=O)O)[C@@H](C)O)cc1Cl. The minimum atomic E-state index is -1.42. The second kappa shape index (κ2) is 6.78. The van der Waals surface area contributed by atoms with E-state index in [1.54, 1.807) is 13.0 Å². The summed E-state index contributed by atoms with van der Waals surface area (Å²) in [5, 5.41) is 23.3. The van der Waals surface area contributed by atoms with Gasteiger partial charge in [-0.1, -0.05) is 23.2 Å². The molecule has 4 N–H and O–H groups in total. The van der Waals surface area contributed by atoms with Crippen molar-refractivity contribution in [3.8, 4) is 0 Å². The highest BCUT2D eigenvalue weighted by Gasteiger charge is 2.25. The molecule has 0 aliphatic rings. The van der Waals surface area contributed by atoms with Crippen LogP contribution < -0.4 is 10.6 Å². The van der Waals surface area contributed by atoms with Gasteiger partial charge in [0.2, 0.25) is 0 Å². The predicted molar refractivity (Wildman–Crippen MR) is 76.5 cm³/mol. The second-order valence-corrected chi connectivity index (χ2v) is 5.05. The van der Waals surface area contributed by atoms with Gasteiger partial charge in [0.1, 0.15) is 0 Å². The molecule has 2 atom stereocenters. The number of nitrogens with one attached hydrogen (secondary N) is 2. The van der Waals surface area contributed by atoms with Crippen LogP contribution in [0.3, 0.4) is 0 Å². The Hall–Kier alpha value is -1.50. The van der Waals surface area contributed by atoms with E-state index >= 15 is 0 Å². The van der Waals surface area contributed by atoms with Gasteiger partial charge in [-0.3, -0.25) is 0 Å². The highest BCUT2D eigenvalue weighted by Crippen LogP contribution is 2.28. The summed E-state index contributed by atoms with van der Waals surface area (Å²) in [6, 6.07) is 0.801. The average Bonchev–Trinajstić information content (AvgIpc) is 2.32. The third-order valence-electron chi connectivity index (χ3n) is 2.53. The van der Waals surface area contributed by atoms with Crippen LogP contribution >= 0.6 is 23.2 Å². The van der Waals surface area contributed by atoms with Crippen LogP contribution in [0.15, 0.2) is 12.1 Å². The van der Waals surface area contributed by atoms with Gasteiger partial charge in [0, 0.05) is 5.02 Å². The number of carbonyl (C=O) groups is 2. The van der Waals surface area contributed by atoms with E-state index in [9.17, 15) is 14.7 Å². The van der Waals surface area contributed by atoms with Crippen molar-refractivity contribution < 1.29 is 19.8 Å². The molecule has 0 bridgehead atoms. The zero-order chi connectivity index (χ0) is 15.4. The van der Waals surface area contributed by atoms with Crippen LogP contribution in [0.25, 0.3) is 0 Å². The number of rotatable bonds is 4. The first-order valence-electron chi connectivity index (χ1n) is 5.66. The molecule has 6 nitrogen and oxygen atoms in total. The van der Waals surface area contributed by atoms with Gasteiger partial charge in [0.05, 0.1) is 16.8 Å². The lowest BCUT2D eigenvalue weighted by Gasteiger charge is -2.18. The zero-order valence-electron chi connectivity index (χ0n) is 10.8. The Morgan fingerprint density at radius 2 is 1.85 bits per heavy atom. The fraction of sp³-hybridized carbons (Fsp3) is 0.333. The van der Waals surface area contributed by atoms with Crippen LogP contribution in [0.5, 0.6) is 0 Å². The number of aryl methyl sites for hydroxylation is 1. The normalized spacial score (nSPS) is 13.4. The molecule has 1 aromatic rings. The van der Waals surface area contributed by atoms with Crippen LogP contribution in [0.1, 0.15) is 12.5 Å². The fourth-order valence-electron chi connectivity index (χ4n) is 1.43. The number of urea groups is 1. The molecule has 1 rings (SSSR count). The van der Waals surface area contributed by atoms with Crippen molar-refractivity contribution >= 4 is 40.9 Å². The van der Waals surface area contributed by atoms with E-state index in [4.69, 9.17) is 28.3 Å². The third kappa shape index (κ3) is 4.26. The maximum atomic E-state index is 11.7. The summed E-state index contributed by atoms with van der Waals surface area (Å²) in [5.74, 6) is -1.34. The monoisotopic (exact) mass is 320 g/mol. The molecule has 0 fully saturated rings. The first-order valence-corrected chi connectivity index (χ1v) is 6.42. The molecule has 20 heavy (non-hydrogen) atoms. The molecule has 0 radical (unpaired) electrons. The van der Waals surface area contributed by atoms with E-state index in [1.165, 1.54) is 13.0 Å². The van der Waals surface area contributed by atoms with E-state index in [0.717, 1.165) is 5.56 Å². The second-order valence-electron chi connectivity index (χ2n) is 4.24. The molecule has 0 saturated carbocycles. The summed E-state index contributed by atoms with van der Waals surface area (Å²) in [6.45, 7) is 3.01. The lowest BCUT2D eigenvalue weighted by molar-refractivity contribution is -0.141. The molecule has 1 aromatic carbocycles. The number of anilines is 1. The molecule has 0 aliphatic carbocycles. The quantitative estimate of drug-likeness (QED) is 0.683.